The molecule has 1 N–H and O–H groups in total. The average Bonchev–Trinajstić information content (AvgIpc) is 2.78. The van der Waals surface area contributed by atoms with Gasteiger partial charge in [0.1, 0.15) is 18.8 Å². The maximum absolute atomic E-state index is 13.4. The van der Waals surface area contributed by atoms with Crippen molar-refractivity contribution < 1.29 is 19.4 Å². The van der Waals surface area contributed by atoms with Crippen LogP contribution in [0.5, 0.6) is 0 Å². The Balaban J connectivity index is 1.78. The Morgan fingerprint density at radius 2 is 1.50 bits per heavy atom. The molecule has 1 fully saturated rings. The summed E-state index contributed by atoms with van der Waals surface area (Å²) in [6, 6.07) is 17.1. The molecular weight excluding hydrogens is 451 g/mol. The number of carboxylic acids is 1. The standard InChI is InChI=1S/C24H20Cl2N2O4/c25-18-5-1-16(2-6-18)22-23(17-3-7-19(26)8-4-17)32-20(13-15-9-11-27-12-10-15)24(31)28(22)14-21(29)30/h1-12,20,22-23H,13-14H2,(H,29,30)/t20-,22?,23?/m0/s1. The van der Waals surface area contributed by atoms with Gasteiger partial charge in [0.2, 0.25) is 0 Å². The summed E-state index contributed by atoms with van der Waals surface area (Å²) in [6.07, 6.45) is 2.14. The molecule has 0 radical (unpaired) electrons. The lowest BCUT2D eigenvalue weighted by atomic mass is 9.90. The van der Waals surface area contributed by atoms with Gasteiger partial charge >= 0.3 is 5.97 Å². The maximum Gasteiger partial charge on any atom is 0.323 e. The fourth-order valence-corrected chi connectivity index (χ4v) is 4.17. The smallest absolute Gasteiger partial charge is 0.323 e. The van der Waals surface area contributed by atoms with E-state index >= 15 is 0 Å². The lowest BCUT2D eigenvalue weighted by molar-refractivity contribution is -0.177. The maximum atomic E-state index is 13.4. The molecule has 32 heavy (non-hydrogen) atoms. The SMILES string of the molecule is O=C(O)CN1C(=O)[C@H](Cc2ccncc2)OC(c2ccc(Cl)cc2)C1c1ccc(Cl)cc1. The average molecular weight is 471 g/mol. The fourth-order valence-electron chi connectivity index (χ4n) is 3.91. The van der Waals surface area contributed by atoms with E-state index in [1.54, 1.807) is 60.9 Å². The lowest BCUT2D eigenvalue weighted by Crippen LogP contribution is -2.53. The summed E-state index contributed by atoms with van der Waals surface area (Å²) < 4.78 is 6.36. The van der Waals surface area contributed by atoms with Crippen LogP contribution in [0, 0.1) is 0 Å². The van der Waals surface area contributed by atoms with Gasteiger partial charge in [-0.3, -0.25) is 14.6 Å². The second-order valence-electron chi connectivity index (χ2n) is 7.51. The fraction of sp³-hybridized carbons (Fsp3) is 0.208. The van der Waals surface area contributed by atoms with Crippen LogP contribution >= 0.6 is 23.2 Å². The van der Waals surface area contributed by atoms with E-state index in [0.29, 0.717) is 16.5 Å². The third kappa shape index (κ3) is 4.93. The summed E-state index contributed by atoms with van der Waals surface area (Å²) in [5, 5.41) is 10.7. The molecule has 3 atom stereocenters. The summed E-state index contributed by atoms with van der Waals surface area (Å²) in [5.41, 5.74) is 2.39. The van der Waals surface area contributed by atoms with E-state index in [2.05, 4.69) is 4.98 Å². The monoisotopic (exact) mass is 470 g/mol. The molecule has 3 aromatic rings. The van der Waals surface area contributed by atoms with Gasteiger partial charge in [-0.05, 0) is 53.1 Å². The van der Waals surface area contributed by atoms with Gasteiger partial charge in [0, 0.05) is 28.9 Å². The Morgan fingerprint density at radius 1 is 0.938 bits per heavy atom. The zero-order valence-electron chi connectivity index (χ0n) is 16.9. The molecule has 0 bridgehead atoms. The topological polar surface area (TPSA) is 79.7 Å². The molecule has 164 valence electrons. The van der Waals surface area contributed by atoms with Gasteiger partial charge in [0.05, 0.1) is 6.04 Å². The highest BCUT2D eigenvalue weighted by Gasteiger charge is 2.44. The van der Waals surface area contributed by atoms with Crippen molar-refractivity contribution in [2.75, 3.05) is 6.54 Å². The van der Waals surface area contributed by atoms with Crippen LogP contribution in [0.4, 0.5) is 0 Å². The number of aromatic nitrogens is 1. The van der Waals surface area contributed by atoms with E-state index < -0.39 is 30.8 Å². The number of carbonyl (C=O) groups excluding carboxylic acids is 1. The summed E-state index contributed by atoms with van der Waals surface area (Å²) in [6.45, 7) is -0.452. The first-order valence-corrected chi connectivity index (χ1v) is 10.8. The minimum absolute atomic E-state index is 0.300. The summed E-state index contributed by atoms with van der Waals surface area (Å²) in [5.74, 6) is -1.48. The predicted octanol–water partition coefficient (Wildman–Crippen LogP) is 4.73. The number of benzene rings is 2. The van der Waals surface area contributed by atoms with Gasteiger partial charge in [-0.1, -0.05) is 47.5 Å². The molecule has 1 amide bonds. The Kier molecular flexibility index (Phi) is 6.74. The number of morpholine rings is 1. The Hall–Kier alpha value is -2.93. The van der Waals surface area contributed by atoms with Crippen molar-refractivity contribution in [1.29, 1.82) is 0 Å². The number of aliphatic carboxylic acids is 1. The van der Waals surface area contributed by atoms with Crippen molar-refractivity contribution >= 4 is 35.1 Å². The highest BCUT2D eigenvalue weighted by molar-refractivity contribution is 6.30. The van der Waals surface area contributed by atoms with E-state index in [0.717, 1.165) is 16.7 Å². The van der Waals surface area contributed by atoms with Crippen molar-refractivity contribution in [2.24, 2.45) is 0 Å². The molecule has 1 saturated heterocycles. The lowest BCUT2D eigenvalue weighted by Gasteiger charge is -2.44. The van der Waals surface area contributed by atoms with Crippen LogP contribution in [0.2, 0.25) is 10.0 Å². The van der Waals surface area contributed by atoms with Crippen molar-refractivity contribution in [3.8, 4) is 0 Å². The van der Waals surface area contributed by atoms with E-state index in [4.69, 9.17) is 27.9 Å². The highest BCUT2D eigenvalue weighted by Crippen LogP contribution is 2.42. The number of nitrogens with zero attached hydrogens (tertiary/aromatic N) is 2. The molecule has 0 saturated carbocycles. The third-order valence-electron chi connectivity index (χ3n) is 5.38. The van der Waals surface area contributed by atoms with Crippen molar-refractivity contribution in [3.63, 3.8) is 0 Å². The largest absolute Gasteiger partial charge is 0.480 e. The van der Waals surface area contributed by atoms with Crippen LogP contribution in [-0.2, 0) is 20.7 Å². The number of hydrogen-bond acceptors (Lipinski definition) is 4. The first-order chi connectivity index (χ1) is 15.4. The molecule has 0 spiro atoms. The molecule has 1 aromatic heterocycles. The van der Waals surface area contributed by atoms with Crippen molar-refractivity contribution in [3.05, 3.63) is 99.8 Å². The van der Waals surface area contributed by atoms with Gasteiger partial charge in [0.15, 0.2) is 0 Å². The Morgan fingerprint density at radius 3 is 2.06 bits per heavy atom. The number of halogens is 2. The van der Waals surface area contributed by atoms with Gasteiger partial charge in [-0.15, -0.1) is 0 Å². The van der Waals surface area contributed by atoms with Crippen LogP contribution < -0.4 is 0 Å². The number of hydrogen-bond donors (Lipinski definition) is 1. The Labute approximate surface area is 195 Å². The second kappa shape index (κ2) is 9.69. The molecule has 2 unspecified atom stereocenters. The first kappa shape index (κ1) is 22.3. The van der Waals surface area contributed by atoms with E-state index in [1.165, 1.54) is 4.90 Å². The third-order valence-corrected chi connectivity index (χ3v) is 5.88. The number of carboxylic acid groups (broad SMARTS) is 1. The van der Waals surface area contributed by atoms with E-state index in [1.807, 2.05) is 12.1 Å². The van der Waals surface area contributed by atoms with Crippen molar-refractivity contribution in [2.45, 2.75) is 24.7 Å². The molecule has 4 rings (SSSR count). The molecule has 2 heterocycles. The number of ether oxygens (including phenoxy) is 1. The highest BCUT2D eigenvalue weighted by atomic mass is 35.5. The minimum atomic E-state index is -1.10. The quantitative estimate of drug-likeness (QED) is 0.563. The predicted molar refractivity (Wildman–Crippen MR) is 121 cm³/mol. The summed E-state index contributed by atoms with van der Waals surface area (Å²) in [4.78, 5) is 30.5. The van der Waals surface area contributed by atoms with Gasteiger partial charge in [0.25, 0.3) is 5.91 Å². The molecule has 0 aliphatic carbocycles. The van der Waals surface area contributed by atoms with Crippen LogP contribution in [0.25, 0.3) is 0 Å². The molecule has 8 heteroatoms. The zero-order chi connectivity index (χ0) is 22.7. The normalized spacial score (nSPS) is 20.9. The van der Waals surface area contributed by atoms with E-state index in [-0.39, 0.29) is 5.91 Å². The summed E-state index contributed by atoms with van der Waals surface area (Å²) in [7, 11) is 0. The van der Waals surface area contributed by atoms with Gasteiger partial charge in [-0.25, -0.2) is 0 Å². The van der Waals surface area contributed by atoms with Gasteiger partial charge in [-0.2, -0.15) is 0 Å². The molecule has 2 aromatic carbocycles. The number of rotatable bonds is 6. The van der Waals surface area contributed by atoms with Gasteiger partial charge < -0.3 is 14.7 Å². The minimum Gasteiger partial charge on any atom is -0.480 e. The van der Waals surface area contributed by atoms with Crippen molar-refractivity contribution in [1.82, 2.24) is 9.88 Å². The zero-order valence-corrected chi connectivity index (χ0v) is 18.4. The Bertz CT molecular complexity index is 1090. The van der Waals surface area contributed by atoms with E-state index in [9.17, 15) is 14.7 Å². The number of amides is 1. The molecular formula is C24H20Cl2N2O4. The molecule has 6 nitrogen and oxygen atoms in total. The van der Waals surface area contributed by atoms with Crippen LogP contribution in [0.3, 0.4) is 0 Å². The van der Waals surface area contributed by atoms with Crippen LogP contribution in [0.15, 0.2) is 73.1 Å². The van der Waals surface area contributed by atoms with Crippen LogP contribution in [-0.4, -0.2) is 39.5 Å². The first-order valence-electron chi connectivity index (χ1n) is 10.00. The summed E-state index contributed by atoms with van der Waals surface area (Å²) >= 11 is 12.1. The molecule has 1 aliphatic heterocycles. The van der Waals surface area contributed by atoms with Crippen LogP contribution in [0.1, 0.15) is 28.8 Å². The second-order valence-corrected chi connectivity index (χ2v) is 8.39. The number of carbonyl (C=O) groups is 2. The molecule has 1 aliphatic rings. The number of pyridine rings is 1.